The van der Waals surface area contributed by atoms with Crippen molar-refractivity contribution in [3.05, 3.63) is 34.9 Å². The van der Waals surface area contributed by atoms with Crippen LogP contribution in [0.15, 0.2) is 18.2 Å². The highest BCUT2D eigenvalue weighted by molar-refractivity contribution is 5.74. The minimum absolute atomic E-state index is 0.516. The summed E-state index contributed by atoms with van der Waals surface area (Å²) in [5.41, 5.74) is 3.12. The van der Waals surface area contributed by atoms with Crippen LogP contribution in [0.5, 0.6) is 0 Å². The molecule has 0 aliphatic heterocycles. The fraction of sp³-hybridized carbons (Fsp3) is 0.562. The molecule has 0 saturated carbocycles. The topological polar surface area (TPSA) is 49.3 Å². The monoisotopic (exact) mass is 263 g/mol. The number of benzene rings is 1. The van der Waals surface area contributed by atoms with Crippen molar-refractivity contribution in [2.75, 3.05) is 6.54 Å². The first kappa shape index (κ1) is 15.7. The summed E-state index contributed by atoms with van der Waals surface area (Å²) in [7, 11) is 0. The third-order valence-corrected chi connectivity index (χ3v) is 4.17. The maximum Gasteiger partial charge on any atom is 0.310 e. The Balaban J connectivity index is 2.61. The van der Waals surface area contributed by atoms with Gasteiger partial charge >= 0.3 is 5.97 Å². The minimum atomic E-state index is -0.704. The molecular formula is C16H25NO2. The van der Waals surface area contributed by atoms with E-state index in [2.05, 4.69) is 37.4 Å². The van der Waals surface area contributed by atoms with Gasteiger partial charge in [-0.05, 0) is 43.4 Å². The Kier molecular flexibility index (Phi) is 5.55. The Hall–Kier alpha value is -1.35. The molecule has 0 spiro atoms. The summed E-state index contributed by atoms with van der Waals surface area (Å²) >= 11 is 0. The van der Waals surface area contributed by atoms with E-state index in [1.54, 1.807) is 0 Å². The molecule has 1 aromatic rings. The molecule has 0 radical (unpaired) electrons. The summed E-state index contributed by atoms with van der Waals surface area (Å²) in [6, 6.07) is 6.36. The molecule has 0 aliphatic rings. The predicted octanol–water partition coefficient (Wildman–Crippen LogP) is 3.28. The Bertz CT molecular complexity index is 436. The van der Waals surface area contributed by atoms with Crippen molar-refractivity contribution in [3.63, 3.8) is 0 Å². The zero-order valence-electron chi connectivity index (χ0n) is 12.4. The zero-order valence-corrected chi connectivity index (χ0v) is 12.4. The van der Waals surface area contributed by atoms with Gasteiger partial charge in [0.05, 0.1) is 5.41 Å². The number of carboxylic acid groups (broad SMARTS) is 1. The second-order valence-corrected chi connectivity index (χ2v) is 5.31. The Morgan fingerprint density at radius 1 is 1.21 bits per heavy atom. The molecule has 0 amide bonds. The van der Waals surface area contributed by atoms with Crippen LogP contribution in [-0.4, -0.2) is 17.6 Å². The Morgan fingerprint density at radius 2 is 1.84 bits per heavy atom. The van der Waals surface area contributed by atoms with Crippen molar-refractivity contribution >= 4 is 5.97 Å². The number of rotatable bonds is 7. The summed E-state index contributed by atoms with van der Waals surface area (Å²) in [5.74, 6) is -0.704. The van der Waals surface area contributed by atoms with Gasteiger partial charge in [-0.2, -0.15) is 0 Å². The average Bonchev–Trinajstić information content (AvgIpc) is 2.39. The van der Waals surface area contributed by atoms with E-state index in [-0.39, 0.29) is 0 Å². The van der Waals surface area contributed by atoms with Crippen molar-refractivity contribution < 1.29 is 9.90 Å². The Labute approximate surface area is 116 Å². The first-order valence-electron chi connectivity index (χ1n) is 6.95. The Morgan fingerprint density at radius 3 is 2.32 bits per heavy atom. The lowest BCUT2D eigenvalue weighted by Gasteiger charge is -2.27. The lowest BCUT2D eigenvalue weighted by atomic mass is 9.82. The summed E-state index contributed by atoms with van der Waals surface area (Å²) < 4.78 is 0. The molecule has 0 saturated heterocycles. The predicted molar refractivity (Wildman–Crippen MR) is 78.3 cm³/mol. The highest BCUT2D eigenvalue weighted by atomic mass is 16.4. The number of carboxylic acids is 1. The second kappa shape index (κ2) is 6.71. The van der Waals surface area contributed by atoms with Crippen LogP contribution in [0.25, 0.3) is 0 Å². The molecule has 0 aliphatic carbocycles. The molecule has 1 rings (SSSR count). The fourth-order valence-electron chi connectivity index (χ4n) is 2.24. The third kappa shape index (κ3) is 3.80. The molecule has 0 fully saturated rings. The van der Waals surface area contributed by atoms with Gasteiger partial charge in [0.15, 0.2) is 0 Å². The number of nitrogens with one attached hydrogen (secondary N) is 1. The average molecular weight is 263 g/mol. The molecule has 3 nitrogen and oxygen atoms in total. The first-order valence-corrected chi connectivity index (χ1v) is 6.95. The van der Waals surface area contributed by atoms with Crippen molar-refractivity contribution in [1.29, 1.82) is 0 Å². The van der Waals surface area contributed by atoms with Gasteiger partial charge in [-0.15, -0.1) is 0 Å². The van der Waals surface area contributed by atoms with Crippen LogP contribution in [-0.2, 0) is 11.3 Å². The fourth-order valence-corrected chi connectivity index (χ4v) is 2.24. The molecular weight excluding hydrogens is 238 g/mol. The molecule has 0 heterocycles. The van der Waals surface area contributed by atoms with Crippen molar-refractivity contribution in [3.8, 4) is 0 Å². The van der Waals surface area contributed by atoms with Gasteiger partial charge in [0.1, 0.15) is 0 Å². The van der Waals surface area contributed by atoms with E-state index in [1.807, 2.05) is 13.8 Å². The van der Waals surface area contributed by atoms with Crippen molar-refractivity contribution in [2.24, 2.45) is 5.41 Å². The molecule has 19 heavy (non-hydrogen) atoms. The van der Waals surface area contributed by atoms with Gasteiger partial charge in [-0.25, -0.2) is 0 Å². The number of carbonyl (C=O) groups is 1. The number of hydrogen-bond acceptors (Lipinski definition) is 2. The van der Waals surface area contributed by atoms with E-state index in [0.29, 0.717) is 19.4 Å². The standard InChI is InChI=1S/C16H25NO2/c1-5-16(6-2,15(18)19)11-17-10-14-8-7-12(3)13(4)9-14/h7-9,17H,5-6,10-11H2,1-4H3,(H,18,19). The molecule has 1 aromatic carbocycles. The van der Waals surface area contributed by atoms with Crippen molar-refractivity contribution in [2.45, 2.75) is 47.1 Å². The number of aliphatic carboxylic acids is 1. The van der Waals surface area contributed by atoms with Crippen LogP contribution < -0.4 is 5.32 Å². The van der Waals surface area contributed by atoms with E-state index in [4.69, 9.17) is 0 Å². The van der Waals surface area contributed by atoms with E-state index >= 15 is 0 Å². The molecule has 2 N–H and O–H groups in total. The molecule has 3 heteroatoms. The van der Waals surface area contributed by atoms with Crippen LogP contribution in [0, 0.1) is 19.3 Å². The minimum Gasteiger partial charge on any atom is -0.481 e. The van der Waals surface area contributed by atoms with Gasteiger partial charge in [-0.1, -0.05) is 32.0 Å². The van der Waals surface area contributed by atoms with Gasteiger partial charge in [-0.3, -0.25) is 4.79 Å². The first-order chi connectivity index (χ1) is 8.95. The zero-order chi connectivity index (χ0) is 14.5. The lowest BCUT2D eigenvalue weighted by molar-refractivity contribution is -0.149. The van der Waals surface area contributed by atoms with Crippen LogP contribution in [0.1, 0.15) is 43.4 Å². The summed E-state index contributed by atoms with van der Waals surface area (Å²) in [4.78, 5) is 11.4. The molecule has 0 bridgehead atoms. The van der Waals surface area contributed by atoms with Gasteiger partial charge in [0, 0.05) is 13.1 Å². The van der Waals surface area contributed by atoms with Crippen LogP contribution >= 0.6 is 0 Å². The maximum absolute atomic E-state index is 11.4. The summed E-state index contributed by atoms with van der Waals surface area (Å²) in [6.45, 7) is 9.30. The quantitative estimate of drug-likeness (QED) is 0.793. The van der Waals surface area contributed by atoms with Crippen LogP contribution in [0.2, 0.25) is 0 Å². The normalized spacial score (nSPS) is 11.6. The second-order valence-electron chi connectivity index (χ2n) is 5.31. The van der Waals surface area contributed by atoms with Gasteiger partial charge < -0.3 is 10.4 Å². The third-order valence-electron chi connectivity index (χ3n) is 4.17. The number of hydrogen-bond donors (Lipinski definition) is 2. The van der Waals surface area contributed by atoms with Gasteiger partial charge in [0.2, 0.25) is 0 Å². The van der Waals surface area contributed by atoms with Crippen LogP contribution in [0.4, 0.5) is 0 Å². The summed E-state index contributed by atoms with van der Waals surface area (Å²) in [6.07, 6.45) is 1.30. The van der Waals surface area contributed by atoms with E-state index < -0.39 is 11.4 Å². The maximum atomic E-state index is 11.4. The largest absolute Gasteiger partial charge is 0.481 e. The smallest absolute Gasteiger partial charge is 0.310 e. The molecule has 0 atom stereocenters. The SMILES string of the molecule is CCC(CC)(CNCc1ccc(C)c(C)c1)C(=O)O. The van der Waals surface area contributed by atoms with Crippen LogP contribution in [0.3, 0.4) is 0 Å². The highest BCUT2D eigenvalue weighted by Crippen LogP contribution is 2.25. The molecule has 106 valence electrons. The molecule has 0 aromatic heterocycles. The molecule has 0 unspecified atom stereocenters. The number of aryl methyl sites for hydroxylation is 2. The summed E-state index contributed by atoms with van der Waals surface area (Å²) in [5, 5.41) is 12.7. The van der Waals surface area contributed by atoms with Gasteiger partial charge in [0.25, 0.3) is 0 Å². The lowest BCUT2D eigenvalue weighted by Crippen LogP contribution is -2.40. The van der Waals surface area contributed by atoms with Crippen molar-refractivity contribution in [1.82, 2.24) is 5.32 Å². The highest BCUT2D eigenvalue weighted by Gasteiger charge is 2.34. The van der Waals surface area contributed by atoms with E-state index in [0.717, 1.165) is 6.54 Å². The van der Waals surface area contributed by atoms with E-state index in [1.165, 1.54) is 16.7 Å². The van der Waals surface area contributed by atoms with E-state index in [9.17, 15) is 9.90 Å².